The van der Waals surface area contributed by atoms with Gasteiger partial charge < -0.3 is 10.8 Å². The molecule has 12 heavy (non-hydrogen) atoms. The molecule has 0 radical (unpaired) electrons. The van der Waals surface area contributed by atoms with Gasteiger partial charge in [-0.05, 0) is 18.3 Å². The van der Waals surface area contributed by atoms with Gasteiger partial charge in [0, 0.05) is 0 Å². The number of hydrogen-bond acceptors (Lipinski definition) is 2. The lowest BCUT2D eigenvalue weighted by Crippen LogP contribution is -2.46. The van der Waals surface area contributed by atoms with Crippen molar-refractivity contribution >= 4 is 5.97 Å². The van der Waals surface area contributed by atoms with Crippen molar-refractivity contribution in [3.05, 3.63) is 0 Å². The number of rotatable bonds is 2. The predicted octanol–water partition coefficient (Wildman–Crippen LogP) is 1.37. The second kappa shape index (κ2) is 3.44. The van der Waals surface area contributed by atoms with Crippen LogP contribution in [-0.2, 0) is 4.79 Å². The first kappa shape index (κ1) is 9.52. The zero-order valence-corrected chi connectivity index (χ0v) is 7.55. The molecule has 1 aliphatic rings. The van der Waals surface area contributed by atoms with Crippen molar-refractivity contribution in [3.8, 4) is 0 Å². The minimum Gasteiger partial charge on any atom is -0.480 e. The number of nitrogens with two attached hydrogens (primary N) is 1. The Morgan fingerprint density at radius 3 is 2.33 bits per heavy atom. The Kier molecular flexibility index (Phi) is 2.73. The third-order valence-electron chi connectivity index (χ3n) is 3.01. The van der Waals surface area contributed by atoms with E-state index in [9.17, 15) is 4.79 Å². The Labute approximate surface area is 72.9 Å². The minimum absolute atomic E-state index is 0.163. The molecule has 0 aliphatic heterocycles. The number of carboxylic acid groups (broad SMARTS) is 1. The van der Waals surface area contributed by atoms with E-state index in [4.69, 9.17) is 10.8 Å². The van der Waals surface area contributed by atoms with Crippen LogP contribution >= 0.6 is 0 Å². The van der Waals surface area contributed by atoms with Crippen molar-refractivity contribution in [1.29, 1.82) is 0 Å². The van der Waals surface area contributed by atoms with Gasteiger partial charge in [0.15, 0.2) is 0 Å². The van der Waals surface area contributed by atoms with Gasteiger partial charge in [-0.3, -0.25) is 4.79 Å². The smallest absolute Gasteiger partial charge is 0.321 e. The number of aliphatic carboxylic acids is 1. The largest absolute Gasteiger partial charge is 0.480 e. The third kappa shape index (κ3) is 1.78. The van der Waals surface area contributed by atoms with Gasteiger partial charge in [0.1, 0.15) is 6.04 Å². The highest BCUT2D eigenvalue weighted by atomic mass is 16.4. The van der Waals surface area contributed by atoms with Gasteiger partial charge in [0.05, 0.1) is 0 Å². The van der Waals surface area contributed by atoms with Gasteiger partial charge in [-0.2, -0.15) is 0 Å². The van der Waals surface area contributed by atoms with Crippen LogP contribution in [0.5, 0.6) is 0 Å². The van der Waals surface area contributed by atoms with Gasteiger partial charge in [-0.1, -0.05) is 26.2 Å². The fourth-order valence-electron chi connectivity index (χ4n) is 1.97. The van der Waals surface area contributed by atoms with Crippen molar-refractivity contribution < 1.29 is 9.90 Å². The van der Waals surface area contributed by atoms with Crippen molar-refractivity contribution in [1.82, 2.24) is 0 Å². The molecule has 0 bridgehead atoms. The molecule has 0 aromatic carbocycles. The average Bonchev–Trinajstić information content (AvgIpc) is 2.04. The first-order chi connectivity index (χ1) is 5.56. The van der Waals surface area contributed by atoms with E-state index in [1.807, 2.05) is 6.92 Å². The summed E-state index contributed by atoms with van der Waals surface area (Å²) < 4.78 is 0. The summed E-state index contributed by atoms with van der Waals surface area (Å²) in [6.45, 7) is 1.99. The van der Waals surface area contributed by atoms with Crippen molar-refractivity contribution in [3.63, 3.8) is 0 Å². The molecule has 1 unspecified atom stereocenters. The molecule has 70 valence electrons. The summed E-state index contributed by atoms with van der Waals surface area (Å²) in [5.74, 6) is -0.862. The summed E-state index contributed by atoms with van der Waals surface area (Å²) in [5.41, 5.74) is 5.46. The molecule has 3 N–H and O–H groups in total. The molecule has 1 rings (SSSR count). The van der Waals surface area contributed by atoms with Crippen LogP contribution in [0.25, 0.3) is 0 Å². The quantitative estimate of drug-likeness (QED) is 0.659. The maximum absolute atomic E-state index is 10.7. The zero-order chi connectivity index (χ0) is 9.19. The fraction of sp³-hybridized carbons (Fsp3) is 0.889. The van der Waals surface area contributed by atoms with Gasteiger partial charge >= 0.3 is 5.97 Å². The molecule has 1 saturated carbocycles. The lowest BCUT2D eigenvalue weighted by atomic mass is 9.71. The zero-order valence-electron chi connectivity index (χ0n) is 7.55. The summed E-state index contributed by atoms with van der Waals surface area (Å²) in [4.78, 5) is 10.7. The highest BCUT2D eigenvalue weighted by molar-refractivity contribution is 5.74. The lowest BCUT2D eigenvalue weighted by Gasteiger charge is -2.36. The maximum atomic E-state index is 10.7. The Morgan fingerprint density at radius 1 is 1.42 bits per heavy atom. The summed E-state index contributed by atoms with van der Waals surface area (Å²) in [6, 6.07) is -0.683. The van der Waals surface area contributed by atoms with Crippen LogP contribution < -0.4 is 5.73 Å². The Hall–Kier alpha value is -0.570. The summed E-state index contributed by atoms with van der Waals surface area (Å²) in [6.07, 6.45) is 5.39. The Morgan fingerprint density at radius 2 is 1.92 bits per heavy atom. The fourth-order valence-corrected chi connectivity index (χ4v) is 1.97. The molecule has 1 fully saturated rings. The van der Waals surface area contributed by atoms with Crippen LogP contribution in [0.3, 0.4) is 0 Å². The highest BCUT2D eigenvalue weighted by Crippen LogP contribution is 2.37. The topological polar surface area (TPSA) is 63.3 Å². The predicted molar refractivity (Wildman–Crippen MR) is 46.8 cm³/mol. The molecule has 1 aliphatic carbocycles. The lowest BCUT2D eigenvalue weighted by molar-refractivity contribution is -0.142. The number of carboxylic acids is 1. The first-order valence-corrected chi connectivity index (χ1v) is 4.55. The molecule has 0 aromatic heterocycles. The molecule has 3 heteroatoms. The first-order valence-electron chi connectivity index (χ1n) is 4.55. The van der Waals surface area contributed by atoms with Crippen LogP contribution in [0, 0.1) is 5.41 Å². The summed E-state index contributed by atoms with van der Waals surface area (Å²) in [7, 11) is 0. The Bertz CT molecular complexity index is 173. The molecule has 1 atom stereocenters. The Balaban J connectivity index is 2.62. The van der Waals surface area contributed by atoms with Gasteiger partial charge in [0.25, 0.3) is 0 Å². The van der Waals surface area contributed by atoms with Crippen molar-refractivity contribution in [2.45, 2.75) is 45.1 Å². The minimum atomic E-state index is -0.862. The van der Waals surface area contributed by atoms with Gasteiger partial charge in [-0.15, -0.1) is 0 Å². The van der Waals surface area contributed by atoms with E-state index >= 15 is 0 Å². The molecule has 3 nitrogen and oxygen atoms in total. The van der Waals surface area contributed by atoms with E-state index in [2.05, 4.69) is 0 Å². The molecule has 0 aromatic rings. The molecule has 0 heterocycles. The molecule has 0 saturated heterocycles. The second-order valence-corrected chi connectivity index (χ2v) is 4.03. The van der Waals surface area contributed by atoms with E-state index < -0.39 is 12.0 Å². The van der Waals surface area contributed by atoms with Gasteiger partial charge in [-0.25, -0.2) is 0 Å². The second-order valence-electron chi connectivity index (χ2n) is 4.03. The van der Waals surface area contributed by atoms with E-state index in [-0.39, 0.29) is 5.41 Å². The maximum Gasteiger partial charge on any atom is 0.321 e. The molecular formula is C9H17NO2. The van der Waals surface area contributed by atoms with E-state index in [1.165, 1.54) is 6.42 Å². The van der Waals surface area contributed by atoms with Gasteiger partial charge in [0.2, 0.25) is 0 Å². The molecular weight excluding hydrogens is 154 g/mol. The van der Waals surface area contributed by atoms with E-state index in [0.717, 1.165) is 25.7 Å². The van der Waals surface area contributed by atoms with Crippen LogP contribution in [0.15, 0.2) is 0 Å². The highest BCUT2D eigenvalue weighted by Gasteiger charge is 2.37. The molecule has 0 amide bonds. The number of hydrogen-bond donors (Lipinski definition) is 2. The van der Waals surface area contributed by atoms with Crippen LogP contribution in [0.4, 0.5) is 0 Å². The normalized spacial score (nSPS) is 24.8. The van der Waals surface area contributed by atoms with Crippen LogP contribution in [-0.4, -0.2) is 17.1 Å². The average molecular weight is 171 g/mol. The monoisotopic (exact) mass is 171 g/mol. The summed E-state index contributed by atoms with van der Waals surface area (Å²) in [5, 5.41) is 8.77. The van der Waals surface area contributed by atoms with Crippen molar-refractivity contribution in [2.75, 3.05) is 0 Å². The number of carbonyl (C=O) groups is 1. The van der Waals surface area contributed by atoms with Crippen LogP contribution in [0.1, 0.15) is 39.0 Å². The van der Waals surface area contributed by atoms with E-state index in [1.54, 1.807) is 0 Å². The third-order valence-corrected chi connectivity index (χ3v) is 3.01. The SMILES string of the molecule is CC1(C(N)C(=O)O)CCCCC1. The van der Waals surface area contributed by atoms with Crippen molar-refractivity contribution in [2.24, 2.45) is 11.1 Å². The molecule has 0 spiro atoms. The van der Waals surface area contributed by atoms with Crippen LogP contribution in [0.2, 0.25) is 0 Å². The summed E-state index contributed by atoms with van der Waals surface area (Å²) >= 11 is 0. The standard InChI is InChI=1S/C9H17NO2/c1-9(7(10)8(11)12)5-3-2-4-6-9/h7H,2-6,10H2,1H3,(H,11,12). The van der Waals surface area contributed by atoms with E-state index in [0.29, 0.717) is 0 Å².